The van der Waals surface area contributed by atoms with Gasteiger partial charge in [0.05, 0.1) is 36.0 Å². The summed E-state index contributed by atoms with van der Waals surface area (Å²) in [5, 5.41) is 4.10. The minimum atomic E-state index is -4.40. The monoisotopic (exact) mass is 667 g/mol. The summed E-state index contributed by atoms with van der Waals surface area (Å²) >= 11 is 0. The second-order valence-corrected chi connectivity index (χ2v) is 14.0. The lowest BCUT2D eigenvalue weighted by Gasteiger charge is -2.37. The SMILES string of the molecule is COc1cc(C(=O)N2CC[C@@H](C(F)(F)F)[C@@H](N)C2)cc2nc(-c3cc4ccc5nc4n3CCCCCCC(C)(C)C(=O)N[C@@H]5C)n(C)c12. The van der Waals surface area contributed by atoms with E-state index in [1.807, 2.05) is 44.5 Å². The van der Waals surface area contributed by atoms with Crippen LogP contribution in [0.2, 0.25) is 0 Å². The van der Waals surface area contributed by atoms with Crippen LogP contribution in [0.25, 0.3) is 33.6 Å². The lowest BCUT2D eigenvalue weighted by atomic mass is 9.85. The smallest absolute Gasteiger partial charge is 0.393 e. The summed E-state index contributed by atoms with van der Waals surface area (Å²) in [5.41, 5.74) is 9.33. The fourth-order valence-electron chi connectivity index (χ4n) is 7.14. The molecule has 2 amide bonds. The first-order valence-corrected chi connectivity index (χ1v) is 16.7. The van der Waals surface area contributed by atoms with Crippen LogP contribution in [-0.2, 0) is 18.4 Å². The second-order valence-electron chi connectivity index (χ2n) is 14.0. The number of halogens is 3. The van der Waals surface area contributed by atoms with Crippen LogP contribution in [0.15, 0.2) is 30.3 Å². The van der Waals surface area contributed by atoms with Gasteiger partial charge in [-0.15, -0.1) is 0 Å². The highest BCUT2D eigenvalue weighted by atomic mass is 19.4. The first-order chi connectivity index (χ1) is 22.7. The van der Waals surface area contributed by atoms with Gasteiger partial charge < -0.3 is 29.8 Å². The molecule has 3 atom stereocenters. The standard InChI is InChI=1S/C35H44F3N7O3/c1-20-25-11-10-21-17-27(45(30(21)41-25)14-9-7-6-8-13-34(2,3)33(47)40-20)31-42-26-16-22(18-28(48-5)29(26)43(31)4)32(46)44-15-12-23(24(39)19-44)35(36,37)38/h10-11,16-18,20,23-24H,6-9,12-15,19,39H2,1-5H3,(H,40,47)/t20-,23-,24+/m1/s1. The van der Waals surface area contributed by atoms with Crippen LogP contribution in [0.4, 0.5) is 13.2 Å². The summed E-state index contributed by atoms with van der Waals surface area (Å²) in [4.78, 5) is 38.1. The van der Waals surface area contributed by atoms with Gasteiger partial charge in [-0.25, -0.2) is 9.97 Å². The number of carbonyl (C=O) groups excluding carboxylic acids is 2. The number of nitrogens with two attached hydrogens (primary N) is 1. The molecule has 0 radical (unpaired) electrons. The van der Waals surface area contributed by atoms with Gasteiger partial charge in [-0.1, -0.05) is 33.1 Å². The Morgan fingerprint density at radius 3 is 2.54 bits per heavy atom. The summed E-state index contributed by atoms with van der Waals surface area (Å²) < 4.78 is 50.0. The van der Waals surface area contributed by atoms with E-state index in [2.05, 4.69) is 16.0 Å². The molecule has 258 valence electrons. The number of imidazole rings is 1. The van der Waals surface area contributed by atoms with Crippen molar-refractivity contribution < 1.29 is 27.5 Å². The molecule has 6 rings (SSSR count). The average molecular weight is 668 g/mol. The molecule has 0 unspecified atom stereocenters. The van der Waals surface area contributed by atoms with Crippen molar-refractivity contribution in [3.05, 3.63) is 41.6 Å². The van der Waals surface area contributed by atoms with Crippen molar-refractivity contribution in [2.45, 2.75) is 84.1 Å². The molecule has 2 aliphatic rings. The number of alkyl halides is 3. The maximum atomic E-state index is 13.6. The Hall–Kier alpha value is -4.13. The van der Waals surface area contributed by atoms with E-state index in [-0.39, 0.29) is 37.0 Å². The number of aryl methyl sites for hydroxylation is 2. The van der Waals surface area contributed by atoms with Crippen LogP contribution in [0.1, 0.15) is 81.4 Å². The molecule has 0 aliphatic carbocycles. The third-order valence-electron chi connectivity index (χ3n) is 10.1. The number of ether oxygens (including phenoxy) is 1. The van der Waals surface area contributed by atoms with E-state index in [1.165, 1.54) is 12.0 Å². The van der Waals surface area contributed by atoms with E-state index in [0.29, 0.717) is 22.6 Å². The second kappa shape index (κ2) is 12.7. The Morgan fingerprint density at radius 1 is 1.08 bits per heavy atom. The van der Waals surface area contributed by atoms with Gasteiger partial charge in [-0.3, -0.25) is 9.59 Å². The molecule has 13 heteroatoms. The Bertz CT molecular complexity index is 1860. The van der Waals surface area contributed by atoms with Gasteiger partial charge in [-0.05, 0) is 56.5 Å². The number of hydrogen-bond donors (Lipinski definition) is 2. The summed E-state index contributed by atoms with van der Waals surface area (Å²) in [6.45, 7) is 6.43. The number of nitrogens with one attached hydrogen (secondary N) is 1. The van der Waals surface area contributed by atoms with Crippen LogP contribution in [0, 0.1) is 11.3 Å². The van der Waals surface area contributed by atoms with E-state index < -0.39 is 29.5 Å². The van der Waals surface area contributed by atoms with Crippen LogP contribution >= 0.6 is 0 Å². The van der Waals surface area contributed by atoms with Gasteiger partial charge in [0.25, 0.3) is 5.91 Å². The number of carbonyl (C=O) groups is 2. The molecule has 10 nitrogen and oxygen atoms in total. The van der Waals surface area contributed by atoms with E-state index in [0.717, 1.165) is 61.1 Å². The number of piperidine rings is 1. The summed E-state index contributed by atoms with van der Waals surface area (Å²) in [7, 11) is 3.40. The fourth-order valence-corrected chi connectivity index (χ4v) is 7.14. The molecule has 3 N–H and O–H groups in total. The molecule has 48 heavy (non-hydrogen) atoms. The van der Waals surface area contributed by atoms with Gasteiger partial charge >= 0.3 is 6.18 Å². The zero-order valence-corrected chi connectivity index (χ0v) is 28.2. The Labute approximate surface area is 277 Å². The molecule has 4 aromatic rings. The van der Waals surface area contributed by atoms with Crippen molar-refractivity contribution in [1.29, 1.82) is 0 Å². The number of pyridine rings is 1. The number of benzene rings is 1. The summed E-state index contributed by atoms with van der Waals surface area (Å²) in [6.07, 6.45) is 0.0568. The molecular weight excluding hydrogens is 623 g/mol. The van der Waals surface area contributed by atoms with Crippen LogP contribution in [-0.4, -0.2) is 68.2 Å². The molecule has 3 aromatic heterocycles. The zero-order chi connectivity index (χ0) is 34.5. The van der Waals surface area contributed by atoms with E-state index in [1.54, 1.807) is 12.1 Å². The quantitative estimate of drug-likeness (QED) is 0.272. The van der Waals surface area contributed by atoms with E-state index in [9.17, 15) is 22.8 Å². The zero-order valence-electron chi connectivity index (χ0n) is 28.2. The van der Waals surface area contributed by atoms with Gasteiger partial charge in [-0.2, -0.15) is 13.2 Å². The van der Waals surface area contributed by atoms with Crippen molar-refractivity contribution in [3.63, 3.8) is 0 Å². The highest BCUT2D eigenvalue weighted by molar-refractivity contribution is 6.00. The molecule has 5 heterocycles. The molecular formula is C35H44F3N7O3. The third kappa shape index (κ3) is 6.24. The van der Waals surface area contributed by atoms with Crippen LogP contribution in [0.3, 0.4) is 0 Å². The lowest BCUT2D eigenvalue weighted by Crippen LogP contribution is -2.54. The first kappa shape index (κ1) is 33.8. The first-order valence-electron chi connectivity index (χ1n) is 16.7. The average Bonchev–Trinajstić information content (AvgIpc) is 3.57. The number of likely N-dealkylation sites (tertiary alicyclic amines) is 1. The minimum absolute atomic E-state index is 0.0187. The molecule has 0 saturated carbocycles. The topological polar surface area (TPSA) is 120 Å². The van der Waals surface area contributed by atoms with Crippen molar-refractivity contribution in [2.24, 2.45) is 24.1 Å². The Balaban J connectivity index is 1.39. The van der Waals surface area contributed by atoms with E-state index >= 15 is 0 Å². The summed E-state index contributed by atoms with van der Waals surface area (Å²) in [6, 6.07) is 7.83. The van der Waals surface area contributed by atoms with E-state index in [4.69, 9.17) is 20.4 Å². The molecule has 0 spiro atoms. The lowest BCUT2D eigenvalue weighted by molar-refractivity contribution is -0.188. The Kier molecular flexibility index (Phi) is 8.95. The Morgan fingerprint density at radius 2 is 1.83 bits per heavy atom. The molecule has 1 fully saturated rings. The molecule has 2 bridgehead atoms. The molecule has 2 aliphatic heterocycles. The van der Waals surface area contributed by atoms with Gasteiger partial charge in [0.2, 0.25) is 5.91 Å². The number of rotatable bonds is 3. The van der Waals surface area contributed by atoms with Gasteiger partial charge in [0.15, 0.2) is 5.82 Å². The third-order valence-corrected chi connectivity index (χ3v) is 10.1. The maximum Gasteiger partial charge on any atom is 0.393 e. The normalized spacial score (nSPS) is 22.6. The highest BCUT2D eigenvalue weighted by Crippen LogP contribution is 2.37. The van der Waals surface area contributed by atoms with Gasteiger partial charge in [0.1, 0.15) is 16.9 Å². The number of fused-ring (bicyclic) bond motifs is 2. The number of aromatic nitrogens is 4. The fraction of sp³-hybridized carbons (Fsp3) is 0.543. The predicted octanol–water partition coefficient (Wildman–Crippen LogP) is 6.12. The van der Waals surface area contributed by atoms with Crippen molar-refractivity contribution in [3.8, 4) is 17.3 Å². The predicted molar refractivity (Wildman–Crippen MR) is 177 cm³/mol. The highest BCUT2D eigenvalue weighted by Gasteiger charge is 2.46. The van der Waals surface area contributed by atoms with Gasteiger partial charge in [0, 0.05) is 49.1 Å². The van der Waals surface area contributed by atoms with Crippen molar-refractivity contribution >= 4 is 33.9 Å². The van der Waals surface area contributed by atoms with Crippen LogP contribution < -0.4 is 15.8 Å². The van der Waals surface area contributed by atoms with Crippen molar-refractivity contribution in [1.82, 2.24) is 29.3 Å². The number of hydrogen-bond acceptors (Lipinski definition) is 6. The largest absolute Gasteiger partial charge is 0.494 e. The summed E-state index contributed by atoms with van der Waals surface area (Å²) in [5.74, 6) is -0.950. The number of nitrogens with zero attached hydrogens (tertiary/aromatic N) is 5. The maximum absolute atomic E-state index is 13.6. The number of methoxy groups -OCH3 is 1. The molecule has 1 aromatic carbocycles. The van der Waals surface area contributed by atoms with Crippen molar-refractivity contribution in [2.75, 3.05) is 20.2 Å². The number of amides is 2. The minimum Gasteiger partial charge on any atom is -0.494 e. The molecule has 1 saturated heterocycles. The van der Waals surface area contributed by atoms with Crippen LogP contribution in [0.5, 0.6) is 5.75 Å².